The molecule has 0 radical (unpaired) electrons. The van der Waals surface area contributed by atoms with Gasteiger partial charge in [-0.25, -0.2) is 0 Å². The minimum Gasteiger partial charge on any atom is -0.330 e. The molecule has 0 atom stereocenters. The summed E-state index contributed by atoms with van der Waals surface area (Å²) >= 11 is 1.75. The van der Waals surface area contributed by atoms with Gasteiger partial charge in [0.25, 0.3) is 0 Å². The van der Waals surface area contributed by atoms with Crippen LogP contribution in [0.1, 0.15) is 5.69 Å². The second-order valence-electron chi connectivity index (χ2n) is 3.90. The molecule has 4 heteroatoms. The molecular formula is C13H17N3S. The summed E-state index contributed by atoms with van der Waals surface area (Å²) in [6.07, 6.45) is 4.86. The van der Waals surface area contributed by atoms with E-state index in [2.05, 4.69) is 35.6 Å². The fraction of sp³-hybridized carbons (Fsp3) is 0.308. The molecule has 2 aromatic rings. The van der Waals surface area contributed by atoms with Crippen molar-refractivity contribution in [2.45, 2.75) is 11.3 Å². The average Bonchev–Trinajstić information content (AvgIpc) is 2.72. The summed E-state index contributed by atoms with van der Waals surface area (Å²) in [5.74, 6) is 0. The van der Waals surface area contributed by atoms with Crippen LogP contribution in [0, 0.1) is 0 Å². The minimum atomic E-state index is 0.648. The molecule has 0 aliphatic carbocycles. The van der Waals surface area contributed by atoms with Crippen molar-refractivity contribution in [2.24, 2.45) is 12.8 Å². The monoisotopic (exact) mass is 247 g/mol. The van der Waals surface area contributed by atoms with Crippen molar-refractivity contribution in [1.82, 2.24) is 9.78 Å². The fourth-order valence-corrected chi connectivity index (χ4v) is 2.32. The SMILES string of the molecule is CSc1ccc(-c2cnn(C)c2CCN)cc1. The van der Waals surface area contributed by atoms with Crippen LogP contribution in [0.25, 0.3) is 11.1 Å². The Bertz CT molecular complexity index is 488. The van der Waals surface area contributed by atoms with Crippen molar-refractivity contribution in [3.05, 3.63) is 36.2 Å². The second kappa shape index (κ2) is 5.38. The number of hydrogen-bond acceptors (Lipinski definition) is 3. The molecule has 3 nitrogen and oxygen atoms in total. The summed E-state index contributed by atoms with van der Waals surface area (Å²) in [5.41, 5.74) is 9.23. The summed E-state index contributed by atoms with van der Waals surface area (Å²) in [7, 11) is 1.96. The fourth-order valence-electron chi connectivity index (χ4n) is 1.91. The Balaban J connectivity index is 2.38. The zero-order chi connectivity index (χ0) is 12.3. The molecule has 1 aromatic heterocycles. The first-order valence-electron chi connectivity index (χ1n) is 5.61. The van der Waals surface area contributed by atoms with E-state index in [1.165, 1.54) is 21.7 Å². The van der Waals surface area contributed by atoms with Gasteiger partial charge in [0.2, 0.25) is 0 Å². The van der Waals surface area contributed by atoms with Crippen LogP contribution < -0.4 is 5.73 Å². The van der Waals surface area contributed by atoms with E-state index in [9.17, 15) is 0 Å². The summed E-state index contributed by atoms with van der Waals surface area (Å²) in [4.78, 5) is 1.28. The van der Waals surface area contributed by atoms with Crippen LogP contribution in [0.4, 0.5) is 0 Å². The topological polar surface area (TPSA) is 43.8 Å². The molecule has 90 valence electrons. The maximum atomic E-state index is 5.64. The molecule has 17 heavy (non-hydrogen) atoms. The largest absolute Gasteiger partial charge is 0.330 e. The average molecular weight is 247 g/mol. The van der Waals surface area contributed by atoms with Gasteiger partial charge in [-0.05, 0) is 30.5 Å². The first-order chi connectivity index (χ1) is 8.26. The lowest BCUT2D eigenvalue weighted by molar-refractivity contribution is 0.707. The molecule has 0 saturated heterocycles. The molecule has 0 saturated carbocycles. The van der Waals surface area contributed by atoms with Crippen molar-refractivity contribution in [2.75, 3.05) is 12.8 Å². The Morgan fingerprint density at radius 3 is 2.59 bits per heavy atom. The second-order valence-corrected chi connectivity index (χ2v) is 4.78. The standard InChI is InChI=1S/C13H17N3S/c1-16-13(7-8-14)12(9-15-16)10-3-5-11(17-2)6-4-10/h3-6,9H,7-8,14H2,1-2H3. The zero-order valence-corrected chi connectivity index (χ0v) is 11.0. The smallest absolute Gasteiger partial charge is 0.0571 e. The highest BCUT2D eigenvalue weighted by molar-refractivity contribution is 7.98. The van der Waals surface area contributed by atoms with Gasteiger partial charge in [-0.3, -0.25) is 4.68 Å². The Labute approximate surface area is 106 Å². The molecule has 0 bridgehead atoms. The molecule has 1 heterocycles. The summed E-state index contributed by atoms with van der Waals surface area (Å²) in [5, 5.41) is 4.31. The van der Waals surface area contributed by atoms with E-state index in [0.717, 1.165) is 6.42 Å². The molecule has 0 aliphatic heterocycles. The van der Waals surface area contributed by atoms with Gasteiger partial charge in [-0.15, -0.1) is 11.8 Å². The van der Waals surface area contributed by atoms with Gasteiger partial charge in [-0.2, -0.15) is 5.10 Å². The van der Waals surface area contributed by atoms with Crippen molar-refractivity contribution in [3.8, 4) is 11.1 Å². The highest BCUT2D eigenvalue weighted by Crippen LogP contribution is 2.25. The predicted molar refractivity (Wildman–Crippen MR) is 73.2 cm³/mol. The van der Waals surface area contributed by atoms with Crippen LogP contribution in [0.5, 0.6) is 0 Å². The summed E-state index contributed by atoms with van der Waals surface area (Å²) in [6, 6.07) is 8.56. The quantitative estimate of drug-likeness (QED) is 0.843. The first kappa shape index (κ1) is 12.2. The van der Waals surface area contributed by atoms with Gasteiger partial charge in [0.05, 0.1) is 6.20 Å². The number of nitrogens with two attached hydrogens (primary N) is 1. The molecule has 0 amide bonds. The van der Waals surface area contributed by atoms with Crippen LogP contribution in [0.15, 0.2) is 35.4 Å². The third-order valence-electron chi connectivity index (χ3n) is 2.84. The van der Waals surface area contributed by atoms with Crippen LogP contribution in [0.2, 0.25) is 0 Å². The lowest BCUT2D eigenvalue weighted by Gasteiger charge is -2.05. The minimum absolute atomic E-state index is 0.648. The first-order valence-corrected chi connectivity index (χ1v) is 6.84. The van der Waals surface area contributed by atoms with Gasteiger partial charge in [0.15, 0.2) is 0 Å². The lowest BCUT2D eigenvalue weighted by atomic mass is 10.1. The molecule has 0 spiro atoms. The maximum absolute atomic E-state index is 5.64. The normalized spacial score (nSPS) is 10.8. The number of nitrogens with zero attached hydrogens (tertiary/aromatic N) is 2. The Hall–Kier alpha value is -1.26. The zero-order valence-electron chi connectivity index (χ0n) is 10.2. The Kier molecular flexibility index (Phi) is 3.86. The van der Waals surface area contributed by atoms with Gasteiger partial charge in [0, 0.05) is 29.6 Å². The number of benzene rings is 1. The van der Waals surface area contributed by atoms with E-state index in [0.29, 0.717) is 6.54 Å². The molecule has 2 rings (SSSR count). The van der Waals surface area contributed by atoms with Crippen LogP contribution in [-0.2, 0) is 13.5 Å². The highest BCUT2D eigenvalue weighted by Gasteiger charge is 2.09. The lowest BCUT2D eigenvalue weighted by Crippen LogP contribution is -2.08. The summed E-state index contributed by atoms with van der Waals surface area (Å²) in [6.45, 7) is 0.648. The maximum Gasteiger partial charge on any atom is 0.0571 e. The molecule has 0 aliphatic rings. The number of aryl methyl sites for hydroxylation is 1. The van der Waals surface area contributed by atoms with E-state index >= 15 is 0 Å². The number of aromatic nitrogens is 2. The van der Waals surface area contributed by atoms with Gasteiger partial charge < -0.3 is 5.73 Å². The number of thioether (sulfide) groups is 1. The van der Waals surface area contributed by atoms with Crippen molar-refractivity contribution < 1.29 is 0 Å². The van der Waals surface area contributed by atoms with E-state index in [4.69, 9.17) is 5.73 Å². The van der Waals surface area contributed by atoms with E-state index in [-0.39, 0.29) is 0 Å². The Morgan fingerprint density at radius 2 is 2.00 bits per heavy atom. The molecule has 0 unspecified atom stereocenters. The summed E-state index contributed by atoms with van der Waals surface area (Å²) < 4.78 is 1.91. The molecule has 0 fully saturated rings. The van der Waals surface area contributed by atoms with Crippen molar-refractivity contribution in [3.63, 3.8) is 0 Å². The third-order valence-corrected chi connectivity index (χ3v) is 3.59. The Morgan fingerprint density at radius 1 is 1.29 bits per heavy atom. The van der Waals surface area contributed by atoms with E-state index < -0.39 is 0 Å². The van der Waals surface area contributed by atoms with Crippen LogP contribution in [-0.4, -0.2) is 22.6 Å². The predicted octanol–water partition coefficient (Wildman–Crippen LogP) is 2.31. The molecule has 1 aromatic carbocycles. The third kappa shape index (κ3) is 2.53. The van der Waals surface area contributed by atoms with E-state index in [1.807, 2.05) is 17.9 Å². The highest BCUT2D eigenvalue weighted by atomic mass is 32.2. The van der Waals surface area contributed by atoms with Crippen molar-refractivity contribution >= 4 is 11.8 Å². The van der Waals surface area contributed by atoms with E-state index in [1.54, 1.807) is 11.8 Å². The molecular weight excluding hydrogens is 230 g/mol. The van der Waals surface area contributed by atoms with Crippen molar-refractivity contribution in [1.29, 1.82) is 0 Å². The number of rotatable bonds is 4. The van der Waals surface area contributed by atoms with Gasteiger partial charge in [0.1, 0.15) is 0 Å². The van der Waals surface area contributed by atoms with Crippen LogP contribution in [0.3, 0.4) is 0 Å². The van der Waals surface area contributed by atoms with Gasteiger partial charge in [-0.1, -0.05) is 12.1 Å². The number of hydrogen-bond donors (Lipinski definition) is 1. The molecule has 2 N–H and O–H groups in total. The van der Waals surface area contributed by atoms with Crippen LogP contribution >= 0.6 is 11.8 Å². The van der Waals surface area contributed by atoms with Gasteiger partial charge >= 0.3 is 0 Å².